The van der Waals surface area contributed by atoms with Crippen LogP contribution in [0.3, 0.4) is 0 Å². The molecule has 0 spiro atoms. The number of hydrogen-bond acceptors (Lipinski definition) is 2. The molecule has 2 rings (SSSR count). The van der Waals surface area contributed by atoms with E-state index in [4.69, 9.17) is 0 Å². The molecule has 4 heteroatoms. The van der Waals surface area contributed by atoms with Crippen LogP contribution in [0.5, 0.6) is 0 Å². The number of carbonyl (C=O) groups is 1. The second-order valence-corrected chi connectivity index (χ2v) is 5.91. The highest BCUT2D eigenvalue weighted by Crippen LogP contribution is 2.22. The lowest BCUT2D eigenvalue weighted by Gasteiger charge is -2.24. The van der Waals surface area contributed by atoms with Crippen molar-refractivity contribution in [3.8, 4) is 0 Å². The summed E-state index contributed by atoms with van der Waals surface area (Å²) < 4.78 is 0. The van der Waals surface area contributed by atoms with Crippen molar-refractivity contribution in [2.45, 2.75) is 57.5 Å². The molecule has 1 aliphatic rings. The lowest BCUT2D eigenvalue weighted by molar-refractivity contribution is 0.228. The highest BCUT2D eigenvalue weighted by molar-refractivity contribution is 7.10. The molecule has 1 aromatic rings. The summed E-state index contributed by atoms with van der Waals surface area (Å²) >= 11 is 1.70. The number of amides is 2. The zero-order valence-corrected chi connectivity index (χ0v) is 11.8. The van der Waals surface area contributed by atoms with Gasteiger partial charge < -0.3 is 10.6 Å². The summed E-state index contributed by atoms with van der Waals surface area (Å²) in [6, 6.07) is 4.62. The van der Waals surface area contributed by atoms with Crippen LogP contribution in [0, 0.1) is 0 Å². The van der Waals surface area contributed by atoms with Crippen molar-refractivity contribution in [2.75, 3.05) is 0 Å². The molecule has 1 atom stereocenters. The number of urea groups is 1. The minimum Gasteiger partial charge on any atom is -0.335 e. The molecule has 1 heterocycles. The Morgan fingerprint density at radius 2 is 2.22 bits per heavy atom. The summed E-state index contributed by atoms with van der Waals surface area (Å²) in [5.41, 5.74) is 0. The van der Waals surface area contributed by atoms with Crippen molar-refractivity contribution in [3.05, 3.63) is 22.4 Å². The normalized spacial score (nSPS) is 18.3. The van der Waals surface area contributed by atoms with Crippen molar-refractivity contribution in [2.24, 2.45) is 0 Å². The van der Waals surface area contributed by atoms with Gasteiger partial charge in [0.1, 0.15) is 0 Å². The lowest BCUT2D eigenvalue weighted by Crippen LogP contribution is -2.44. The molecule has 18 heavy (non-hydrogen) atoms. The topological polar surface area (TPSA) is 41.1 Å². The van der Waals surface area contributed by atoms with Gasteiger partial charge in [-0.25, -0.2) is 4.79 Å². The summed E-state index contributed by atoms with van der Waals surface area (Å²) in [6.07, 6.45) is 6.98. The first-order valence-corrected chi connectivity index (χ1v) is 7.78. The minimum absolute atomic E-state index is 0.0119. The predicted octanol–water partition coefficient (Wildman–Crippen LogP) is 3.83. The first-order chi connectivity index (χ1) is 8.79. The molecule has 1 fully saturated rings. The maximum Gasteiger partial charge on any atom is 0.315 e. The molecule has 1 saturated carbocycles. The Kier molecular flexibility index (Phi) is 5.05. The zero-order chi connectivity index (χ0) is 12.8. The van der Waals surface area contributed by atoms with Gasteiger partial charge in [-0.1, -0.05) is 32.3 Å². The predicted molar refractivity (Wildman–Crippen MR) is 75.9 cm³/mol. The Morgan fingerprint density at radius 1 is 1.44 bits per heavy atom. The Bertz CT molecular complexity index is 358. The standard InChI is InChI=1S/C14H22N2OS/c1-2-12(13-9-6-10-18-13)16-14(17)15-11-7-4-3-5-8-11/h6,9-12H,2-5,7-8H2,1H3,(H2,15,16,17). The third-order valence-electron chi connectivity index (χ3n) is 3.54. The van der Waals surface area contributed by atoms with Crippen LogP contribution in [0.4, 0.5) is 4.79 Å². The fourth-order valence-electron chi connectivity index (χ4n) is 2.50. The fraction of sp³-hybridized carbons (Fsp3) is 0.643. The van der Waals surface area contributed by atoms with Gasteiger partial charge in [0, 0.05) is 10.9 Å². The van der Waals surface area contributed by atoms with Crippen LogP contribution in [-0.4, -0.2) is 12.1 Å². The molecule has 1 aromatic heterocycles. The van der Waals surface area contributed by atoms with E-state index in [0.717, 1.165) is 19.3 Å². The molecule has 0 aliphatic heterocycles. The molecule has 1 unspecified atom stereocenters. The van der Waals surface area contributed by atoms with Gasteiger partial charge in [0.15, 0.2) is 0 Å². The van der Waals surface area contributed by atoms with Crippen molar-refractivity contribution in [1.29, 1.82) is 0 Å². The number of carbonyl (C=O) groups excluding carboxylic acids is 1. The van der Waals surface area contributed by atoms with Crippen LogP contribution in [0.2, 0.25) is 0 Å². The third-order valence-corrected chi connectivity index (χ3v) is 4.53. The van der Waals surface area contributed by atoms with Gasteiger partial charge in [-0.2, -0.15) is 0 Å². The van der Waals surface area contributed by atoms with Gasteiger partial charge in [-0.15, -0.1) is 11.3 Å². The third kappa shape index (κ3) is 3.73. The lowest BCUT2D eigenvalue weighted by atomic mass is 9.96. The second kappa shape index (κ2) is 6.78. The van der Waals surface area contributed by atoms with E-state index < -0.39 is 0 Å². The molecule has 0 radical (unpaired) electrons. The average molecular weight is 266 g/mol. The molecule has 1 aliphatic carbocycles. The number of rotatable bonds is 4. The van der Waals surface area contributed by atoms with E-state index in [-0.39, 0.29) is 12.1 Å². The van der Waals surface area contributed by atoms with Crippen LogP contribution in [0.15, 0.2) is 17.5 Å². The Morgan fingerprint density at radius 3 is 2.83 bits per heavy atom. The van der Waals surface area contributed by atoms with Gasteiger partial charge in [0.25, 0.3) is 0 Å². The summed E-state index contributed by atoms with van der Waals surface area (Å²) in [6.45, 7) is 2.10. The number of thiophene rings is 1. The molecular formula is C14H22N2OS. The fourth-order valence-corrected chi connectivity index (χ4v) is 3.36. The van der Waals surface area contributed by atoms with Gasteiger partial charge in [0.2, 0.25) is 0 Å². The summed E-state index contributed by atoms with van der Waals surface area (Å²) in [7, 11) is 0. The Balaban J connectivity index is 1.82. The highest BCUT2D eigenvalue weighted by Gasteiger charge is 2.18. The van der Waals surface area contributed by atoms with Crippen LogP contribution in [-0.2, 0) is 0 Å². The first kappa shape index (κ1) is 13.4. The molecule has 0 saturated heterocycles. The summed E-state index contributed by atoms with van der Waals surface area (Å²) in [5, 5.41) is 8.23. The largest absolute Gasteiger partial charge is 0.335 e. The van der Waals surface area contributed by atoms with E-state index in [1.807, 2.05) is 6.07 Å². The molecule has 2 amide bonds. The van der Waals surface area contributed by atoms with Gasteiger partial charge >= 0.3 is 6.03 Å². The van der Waals surface area contributed by atoms with Crippen LogP contribution >= 0.6 is 11.3 Å². The van der Waals surface area contributed by atoms with E-state index >= 15 is 0 Å². The van der Waals surface area contributed by atoms with E-state index in [1.165, 1.54) is 24.1 Å². The van der Waals surface area contributed by atoms with E-state index in [9.17, 15) is 4.79 Å². The molecule has 2 N–H and O–H groups in total. The Hall–Kier alpha value is -1.03. The average Bonchev–Trinajstić information content (AvgIpc) is 2.91. The maximum absolute atomic E-state index is 12.0. The van der Waals surface area contributed by atoms with Crippen molar-refractivity contribution in [3.63, 3.8) is 0 Å². The quantitative estimate of drug-likeness (QED) is 0.854. The first-order valence-electron chi connectivity index (χ1n) is 6.90. The van der Waals surface area contributed by atoms with E-state index in [0.29, 0.717) is 6.04 Å². The smallest absolute Gasteiger partial charge is 0.315 e. The SMILES string of the molecule is CCC(NC(=O)NC1CCCCC1)c1cccs1. The zero-order valence-electron chi connectivity index (χ0n) is 10.9. The molecular weight excluding hydrogens is 244 g/mol. The minimum atomic E-state index is -0.0119. The summed E-state index contributed by atoms with van der Waals surface area (Å²) in [4.78, 5) is 13.2. The van der Waals surface area contributed by atoms with Crippen molar-refractivity contribution >= 4 is 17.4 Å². The number of nitrogens with one attached hydrogen (secondary N) is 2. The second-order valence-electron chi connectivity index (χ2n) is 4.93. The molecule has 100 valence electrons. The summed E-state index contributed by atoms with van der Waals surface area (Å²) in [5.74, 6) is 0. The Labute approximate surface area is 113 Å². The maximum atomic E-state index is 12.0. The highest BCUT2D eigenvalue weighted by atomic mass is 32.1. The van der Waals surface area contributed by atoms with Crippen LogP contribution in [0.25, 0.3) is 0 Å². The number of hydrogen-bond donors (Lipinski definition) is 2. The van der Waals surface area contributed by atoms with Gasteiger partial charge in [-0.3, -0.25) is 0 Å². The molecule has 3 nitrogen and oxygen atoms in total. The van der Waals surface area contributed by atoms with E-state index in [1.54, 1.807) is 11.3 Å². The molecule has 0 bridgehead atoms. The molecule has 0 aromatic carbocycles. The monoisotopic (exact) mass is 266 g/mol. The van der Waals surface area contributed by atoms with Crippen LogP contribution in [0.1, 0.15) is 56.4 Å². The van der Waals surface area contributed by atoms with Crippen molar-refractivity contribution in [1.82, 2.24) is 10.6 Å². The van der Waals surface area contributed by atoms with Crippen molar-refractivity contribution < 1.29 is 4.79 Å². The van der Waals surface area contributed by atoms with E-state index in [2.05, 4.69) is 29.0 Å². The van der Waals surface area contributed by atoms with Gasteiger partial charge in [0.05, 0.1) is 6.04 Å². The van der Waals surface area contributed by atoms with Crippen LogP contribution < -0.4 is 10.6 Å². The van der Waals surface area contributed by atoms with Gasteiger partial charge in [-0.05, 0) is 30.7 Å².